The SMILES string of the molecule is CCCCNC(=O)C1(O)CC(O)C(O)C(OC(=O)CCC(C)=CCc2c(OC)c(C)c3c(c2OC(C)=O)C(=O)OC3)C1. The molecule has 1 aliphatic heterocycles. The number of rotatable bonds is 12. The van der Waals surface area contributed by atoms with Gasteiger partial charge in [-0.15, -0.1) is 0 Å². The lowest BCUT2D eigenvalue weighted by Gasteiger charge is -2.40. The summed E-state index contributed by atoms with van der Waals surface area (Å²) in [7, 11) is 1.48. The topological polar surface area (TPSA) is 178 Å². The highest BCUT2D eigenvalue weighted by Crippen LogP contribution is 2.43. The molecule has 0 aromatic heterocycles. The Morgan fingerprint density at radius 2 is 1.86 bits per heavy atom. The first-order valence-corrected chi connectivity index (χ1v) is 14.1. The molecule has 0 bridgehead atoms. The van der Waals surface area contributed by atoms with Crippen molar-refractivity contribution in [3.63, 3.8) is 0 Å². The maximum absolute atomic E-state index is 12.7. The van der Waals surface area contributed by atoms with E-state index in [-0.39, 0.29) is 50.0 Å². The van der Waals surface area contributed by atoms with Gasteiger partial charge < -0.3 is 39.6 Å². The number of nitrogens with one attached hydrogen (secondary N) is 1. The van der Waals surface area contributed by atoms with Crippen LogP contribution in [-0.4, -0.2) is 76.7 Å². The maximum Gasteiger partial charge on any atom is 0.342 e. The first-order valence-electron chi connectivity index (χ1n) is 14.1. The number of aliphatic hydroxyl groups excluding tert-OH is 2. The molecular weight excluding hydrogens is 550 g/mol. The third kappa shape index (κ3) is 7.47. The van der Waals surface area contributed by atoms with Gasteiger partial charge >= 0.3 is 17.9 Å². The van der Waals surface area contributed by atoms with Crippen LogP contribution in [0.1, 0.15) is 86.3 Å². The number of hydrogen-bond acceptors (Lipinski definition) is 11. The Morgan fingerprint density at radius 1 is 1.14 bits per heavy atom. The number of allylic oxidation sites excluding steroid dienone is 2. The van der Waals surface area contributed by atoms with Crippen molar-refractivity contribution < 1.29 is 53.4 Å². The summed E-state index contributed by atoms with van der Waals surface area (Å²) in [6, 6.07) is 0. The summed E-state index contributed by atoms with van der Waals surface area (Å²) in [4.78, 5) is 49.5. The van der Waals surface area contributed by atoms with Crippen LogP contribution in [0.3, 0.4) is 0 Å². The molecule has 4 atom stereocenters. The number of fused-ring (bicyclic) bond motifs is 1. The zero-order valence-corrected chi connectivity index (χ0v) is 24.8. The van der Waals surface area contributed by atoms with Gasteiger partial charge in [0.1, 0.15) is 35.7 Å². The van der Waals surface area contributed by atoms with Gasteiger partial charge in [0.2, 0.25) is 0 Å². The van der Waals surface area contributed by atoms with Crippen LogP contribution in [0.5, 0.6) is 11.5 Å². The Kier molecular flexibility index (Phi) is 11.1. The molecular formula is C30H41NO11. The normalized spacial score (nSPS) is 23.6. The van der Waals surface area contributed by atoms with E-state index in [2.05, 4.69) is 5.32 Å². The largest absolute Gasteiger partial charge is 0.496 e. The van der Waals surface area contributed by atoms with E-state index in [1.807, 2.05) is 13.0 Å². The Labute approximate surface area is 245 Å². The van der Waals surface area contributed by atoms with E-state index < -0.39 is 47.7 Å². The zero-order chi connectivity index (χ0) is 31.2. The van der Waals surface area contributed by atoms with Crippen molar-refractivity contribution >= 4 is 23.8 Å². The van der Waals surface area contributed by atoms with E-state index in [0.717, 1.165) is 18.4 Å². The van der Waals surface area contributed by atoms with E-state index in [1.54, 1.807) is 13.8 Å². The van der Waals surface area contributed by atoms with Crippen molar-refractivity contribution in [3.8, 4) is 11.5 Å². The molecule has 1 amide bonds. The first kappa shape index (κ1) is 33.0. The Morgan fingerprint density at radius 3 is 2.50 bits per heavy atom. The average Bonchev–Trinajstić information content (AvgIpc) is 3.32. The standard InChI is InChI=1S/C30H41NO11/c1-6-7-12-31-29(37)30(38)13-21(33)25(35)22(14-30)42-23(34)11-9-16(2)8-10-19-26(39-5)17(3)20-15-40-28(36)24(20)27(19)41-18(4)32/h8,21-22,25,33,35,38H,6-7,9-15H2,1-5H3,(H,31,37). The number of aliphatic hydroxyl groups is 3. The Bertz CT molecular complexity index is 1240. The number of amides is 1. The lowest BCUT2D eigenvalue weighted by atomic mass is 9.79. The van der Waals surface area contributed by atoms with Crippen LogP contribution in [-0.2, 0) is 36.9 Å². The van der Waals surface area contributed by atoms with Gasteiger partial charge in [-0.1, -0.05) is 25.0 Å². The minimum absolute atomic E-state index is 0.0511. The van der Waals surface area contributed by atoms with E-state index in [1.165, 1.54) is 14.0 Å². The summed E-state index contributed by atoms with van der Waals surface area (Å²) < 4.78 is 21.6. The van der Waals surface area contributed by atoms with Gasteiger partial charge in [0, 0.05) is 43.9 Å². The molecule has 3 rings (SSSR count). The number of esters is 3. The predicted octanol–water partition coefficient (Wildman–Crippen LogP) is 1.94. The zero-order valence-electron chi connectivity index (χ0n) is 24.8. The predicted molar refractivity (Wildman–Crippen MR) is 149 cm³/mol. The van der Waals surface area contributed by atoms with Crippen LogP contribution in [0.25, 0.3) is 0 Å². The highest BCUT2D eigenvalue weighted by Gasteiger charge is 2.50. The number of ether oxygens (including phenoxy) is 4. The monoisotopic (exact) mass is 591 g/mol. The van der Waals surface area contributed by atoms with Crippen molar-refractivity contribution in [1.82, 2.24) is 5.32 Å². The molecule has 1 saturated carbocycles. The third-order valence-electron chi connectivity index (χ3n) is 7.63. The second-order valence-corrected chi connectivity index (χ2v) is 10.9. The number of carbonyl (C=O) groups excluding carboxylic acids is 4. The fourth-order valence-electron chi connectivity index (χ4n) is 5.26. The number of carbonyl (C=O) groups is 4. The van der Waals surface area contributed by atoms with E-state index >= 15 is 0 Å². The number of cyclic esters (lactones) is 1. The van der Waals surface area contributed by atoms with Crippen LogP contribution >= 0.6 is 0 Å². The molecule has 0 radical (unpaired) electrons. The van der Waals surface area contributed by atoms with Crippen LogP contribution < -0.4 is 14.8 Å². The van der Waals surface area contributed by atoms with Gasteiger partial charge in [0.05, 0.1) is 13.2 Å². The maximum atomic E-state index is 12.7. The summed E-state index contributed by atoms with van der Waals surface area (Å²) in [5, 5.41) is 34.1. The molecule has 2 aliphatic rings. The Balaban J connectivity index is 1.68. The van der Waals surface area contributed by atoms with Crippen LogP contribution in [0, 0.1) is 6.92 Å². The molecule has 1 heterocycles. The van der Waals surface area contributed by atoms with E-state index in [4.69, 9.17) is 18.9 Å². The molecule has 0 spiro atoms. The van der Waals surface area contributed by atoms with Crippen molar-refractivity contribution in [1.29, 1.82) is 0 Å². The van der Waals surface area contributed by atoms with E-state index in [9.17, 15) is 34.5 Å². The molecule has 232 valence electrons. The Hall–Kier alpha value is -3.48. The number of methoxy groups -OCH3 is 1. The molecule has 1 fully saturated rings. The summed E-state index contributed by atoms with van der Waals surface area (Å²) >= 11 is 0. The van der Waals surface area contributed by atoms with Gasteiger partial charge in [-0.05, 0) is 38.7 Å². The lowest BCUT2D eigenvalue weighted by molar-refractivity contribution is -0.190. The average molecular weight is 592 g/mol. The quantitative estimate of drug-likeness (QED) is 0.121. The molecule has 4 unspecified atom stereocenters. The molecule has 1 aromatic rings. The highest BCUT2D eigenvalue weighted by molar-refractivity contribution is 5.99. The molecule has 4 N–H and O–H groups in total. The van der Waals surface area contributed by atoms with Crippen LogP contribution in [0.2, 0.25) is 0 Å². The van der Waals surface area contributed by atoms with Gasteiger partial charge in [0.25, 0.3) is 5.91 Å². The minimum Gasteiger partial charge on any atom is -0.496 e. The smallest absolute Gasteiger partial charge is 0.342 e. The third-order valence-corrected chi connectivity index (χ3v) is 7.63. The van der Waals surface area contributed by atoms with Gasteiger partial charge in [-0.3, -0.25) is 14.4 Å². The van der Waals surface area contributed by atoms with Crippen LogP contribution in [0.15, 0.2) is 11.6 Å². The highest BCUT2D eigenvalue weighted by atomic mass is 16.6. The number of hydrogen-bond donors (Lipinski definition) is 4. The number of benzene rings is 1. The van der Waals surface area contributed by atoms with Crippen molar-refractivity contribution in [2.45, 2.75) is 103 Å². The van der Waals surface area contributed by atoms with Crippen molar-refractivity contribution in [3.05, 3.63) is 33.9 Å². The van der Waals surface area contributed by atoms with Crippen molar-refractivity contribution in [2.75, 3.05) is 13.7 Å². The van der Waals surface area contributed by atoms with Gasteiger partial charge in [-0.25, -0.2) is 4.79 Å². The van der Waals surface area contributed by atoms with Crippen LogP contribution in [0.4, 0.5) is 0 Å². The second kappa shape index (κ2) is 14.1. The molecule has 12 nitrogen and oxygen atoms in total. The van der Waals surface area contributed by atoms with E-state index in [0.29, 0.717) is 29.0 Å². The molecule has 42 heavy (non-hydrogen) atoms. The van der Waals surface area contributed by atoms with Crippen molar-refractivity contribution in [2.24, 2.45) is 0 Å². The summed E-state index contributed by atoms with van der Waals surface area (Å²) in [5.74, 6) is -2.00. The summed E-state index contributed by atoms with van der Waals surface area (Å²) in [6.45, 7) is 7.18. The fraction of sp³-hybridized carbons (Fsp3) is 0.600. The molecule has 1 aromatic carbocycles. The minimum atomic E-state index is -1.98. The lowest BCUT2D eigenvalue weighted by Crippen LogP contribution is -2.59. The first-order chi connectivity index (χ1) is 19.8. The molecule has 1 aliphatic carbocycles. The summed E-state index contributed by atoms with van der Waals surface area (Å²) in [5.41, 5.74) is 0.777. The molecule has 0 saturated heterocycles. The summed E-state index contributed by atoms with van der Waals surface area (Å²) in [6.07, 6.45) is -1.10. The molecule has 12 heteroatoms. The van der Waals surface area contributed by atoms with Gasteiger partial charge in [0.15, 0.2) is 5.75 Å². The number of unbranched alkanes of at least 4 members (excludes halogenated alkanes) is 1. The second-order valence-electron chi connectivity index (χ2n) is 10.9. The van der Waals surface area contributed by atoms with Gasteiger partial charge in [-0.2, -0.15) is 0 Å². The fourth-order valence-corrected chi connectivity index (χ4v) is 5.26.